The van der Waals surface area contributed by atoms with Gasteiger partial charge in [-0.05, 0) is 37.3 Å². The first-order chi connectivity index (χ1) is 8.75. The maximum absolute atomic E-state index is 12.6. The van der Waals surface area contributed by atoms with Crippen LogP contribution in [0, 0.1) is 11.8 Å². The summed E-state index contributed by atoms with van der Waals surface area (Å²) in [6.07, 6.45) is 5.03. The number of aromatic nitrogens is 1. The lowest BCUT2D eigenvalue weighted by Gasteiger charge is -2.10. The smallest absolute Gasteiger partial charge is 0.166 e. The minimum atomic E-state index is 0.214. The average molecular weight is 239 g/mol. The van der Waals surface area contributed by atoms with Crippen LogP contribution in [0.3, 0.4) is 0 Å². The fraction of sp³-hybridized carbons (Fsp3) is 0.375. The molecular formula is C16H17NO. The maximum Gasteiger partial charge on any atom is 0.166 e. The van der Waals surface area contributed by atoms with Gasteiger partial charge < -0.3 is 0 Å². The van der Waals surface area contributed by atoms with Crippen molar-refractivity contribution in [3.05, 3.63) is 42.1 Å². The highest BCUT2D eigenvalue weighted by Crippen LogP contribution is 2.33. The average Bonchev–Trinajstić information content (AvgIpc) is 2.84. The van der Waals surface area contributed by atoms with Gasteiger partial charge in [-0.3, -0.25) is 9.78 Å². The van der Waals surface area contributed by atoms with Crippen LogP contribution >= 0.6 is 0 Å². The molecule has 0 spiro atoms. The van der Waals surface area contributed by atoms with Gasteiger partial charge in [-0.15, -0.1) is 0 Å². The molecule has 3 rings (SSSR count). The fourth-order valence-corrected chi connectivity index (χ4v) is 2.98. The summed E-state index contributed by atoms with van der Waals surface area (Å²) in [4.78, 5) is 16.9. The molecule has 2 heteroatoms. The van der Waals surface area contributed by atoms with Crippen LogP contribution in [-0.4, -0.2) is 10.8 Å². The number of fused-ring (bicyclic) bond motifs is 1. The maximum atomic E-state index is 12.6. The Bertz CT molecular complexity index is 585. The number of carbonyl (C=O) groups is 1. The molecule has 1 fully saturated rings. The zero-order valence-electron chi connectivity index (χ0n) is 10.6. The van der Waals surface area contributed by atoms with Crippen molar-refractivity contribution in [2.24, 2.45) is 11.8 Å². The second-order valence-corrected chi connectivity index (χ2v) is 5.36. The minimum absolute atomic E-state index is 0.214. The van der Waals surface area contributed by atoms with E-state index in [-0.39, 0.29) is 5.92 Å². The molecule has 92 valence electrons. The molecule has 2 nitrogen and oxygen atoms in total. The molecule has 2 aromatic rings. The van der Waals surface area contributed by atoms with E-state index in [0.717, 1.165) is 29.3 Å². The first-order valence-electron chi connectivity index (χ1n) is 6.63. The van der Waals surface area contributed by atoms with Gasteiger partial charge in [-0.1, -0.05) is 25.1 Å². The molecule has 1 aromatic heterocycles. The second-order valence-electron chi connectivity index (χ2n) is 5.36. The molecule has 1 saturated carbocycles. The molecule has 0 bridgehead atoms. The molecule has 0 aliphatic heterocycles. The van der Waals surface area contributed by atoms with Gasteiger partial charge in [-0.2, -0.15) is 0 Å². The highest BCUT2D eigenvalue weighted by Gasteiger charge is 2.28. The summed E-state index contributed by atoms with van der Waals surface area (Å²) in [6.45, 7) is 2.23. The molecule has 0 saturated heterocycles. The monoisotopic (exact) mass is 239 g/mol. The number of ketones is 1. The Morgan fingerprint density at radius 3 is 2.89 bits per heavy atom. The number of nitrogens with zero attached hydrogens (tertiary/aromatic N) is 1. The van der Waals surface area contributed by atoms with Crippen LogP contribution < -0.4 is 0 Å². The van der Waals surface area contributed by atoms with Crippen LogP contribution in [0.25, 0.3) is 10.9 Å². The number of hydrogen-bond acceptors (Lipinski definition) is 2. The molecular weight excluding hydrogens is 222 g/mol. The topological polar surface area (TPSA) is 30.0 Å². The summed E-state index contributed by atoms with van der Waals surface area (Å²) in [7, 11) is 0. The van der Waals surface area contributed by atoms with Gasteiger partial charge in [0.2, 0.25) is 0 Å². The van der Waals surface area contributed by atoms with E-state index in [9.17, 15) is 4.79 Å². The Labute approximate surface area is 107 Å². The summed E-state index contributed by atoms with van der Waals surface area (Å²) in [5, 5.41) is 0.990. The van der Waals surface area contributed by atoms with E-state index >= 15 is 0 Å². The van der Waals surface area contributed by atoms with Gasteiger partial charge in [0.1, 0.15) is 0 Å². The first-order valence-corrected chi connectivity index (χ1v) is 6.63. The highest BCUT2D eigenvalue weighted by molar-refractivity contribution is 6.08. The summed E-state index contributed by atoms with van der Waals surface area (Å²) in [5.41, 5.74) is 1.76. The Morgan fingerprint density at radius 1 is 1.22 bits per heavy atom. The van der Waals surface area contributed by atoms with Crippen LogP contribution in [0.2, 0.25) is 0 Å². The number of carbonyl (C=O) groups excluding carboxylic acids is 1. The van der Waals surface area contributed by atoms with E-state index in [2.05, 4.69) is 11.9 Å². The van der Waals surface area contributed by atoms with Crippen LogP contribution in [0.1, 0.15) is 36.5 Å². The molecule has 2 atom stereocenters. The van der Waals surface area contributed by atoms with Gasteiger partial charge in [-0.25, -0.2) is 0 Å². The number of pyridine rings is 1. The molecule has 0 radical (unpaired) electrons. The summed E-state index contributed by atoms with van der Waals surface area (Å²) < 4.78 is 0. The molecule has 2 unspecified atom stereocenters. The number of benzene rings is 1. The van der Waals surface area contributed by atoms with Crippen molar-refractivity contribution >= 4 is 16.7 Å². The Morgan fingerprint density at radius 2 is 2.11 bits per heavy atom. The molecule has 1 heterocycles. The van der Waals surface area contributed by atoms with Crippen LogP contribution in [0.5, 0.6) is 0 Å². The number of hydrogen-bond donors (Lipinski definition) is 0. The molecule has 18 heavy (non-hydrogen) atoms. The first kappa shape index (κ1) is 11.4. The van der Waals surface area contributed by atoms with Gasteiger partial charge in [0.25, 0.3) is 0 Å². The highest BCUT2D eigenvalue weighted by atomic mass is 16.1. The molecule has 0 N–H and O–H groups in total. The summed E-state index contributed by atoms with van der Waals surface area (Å²) in [6, 6.07) is 9.73. The number of Topliss-reactive ketones (excluding diaryl/α,β-unsaturated/α-hetero) is 1. The van der Waals surface area contributed by atoms with Crippen molar-refractivity contribution in [3.63, 3.8) is 0 Å². The van der Waals surface area contributed by atoms with Crippen LogP contribution in [0.4, 0.5) is 0 Å². The Hall–Kier alpha value is -1.70. The van der Waals surface area contributed by atoms with Crippen LogP contribution in [0.15, 0.2) is 36.5 Å². The van der Waals surface area contributed by atoms with E-state index < -0.39 is 0 Å². The lowest BCUT2D eigenvalue weighted by molar-refractivity contribution is 0.0922. The third-order valence-electron chi connectivity index (χ3n) is 3.98. The molecule has 1 aliphatic carbocycles. The van der Waals surface area contributed by atoms with Gasteiger partial charge in [0, 0.05) is 23.1 Å². The van der Waals surface area contributed by atoms with Crippen molar-refractivity contribution in [2.45, 2.75) is 26.2 Å². The standard InChI is InChI=1S/C16H17NO/c1-11-7-8-12(10-11)16(18)14-4-2-6-15-13(14)5-3-9-17-15/h2-6,9,11-12H,7-8,10H2,1H3. The lowest BCUT2D eigenvalue weighted by atomic mass is 9.93. The quantitative estimate of drug-likeness (QED) is 0.745. The molecule has 1 aromatic carbocycles. The Balaban J connectivity index is 2.01. The summed E-state index contributed by atoms with van der Waals surface area (Å²) in [5.74, 6) is 1.20. The SMILES string of the molecule is CC1CCC(C(=O)c2cccc3ncccc23)C1. The Kier molecular flexibility index (Phi) is 2.86. The summed E-state index contributed by atoms with van der Waals surface area (Å²) >= 11 is 0. The van der Waals surface area contributed by atoms with Crippen LogP contribution in [-0.2, 0) is 0 Å². The van der Waals surface area contributed by atoms with Crippen molar-refractivity contribution in [1.82, 2.24) is 4.98 Å². The van der Waals surface area contributed by atoms with E-state index in [1.165, 1.54) is 6.42 Å². The molecule has 1 aliphatic rings. The van der Waals surface area contributed by atoms with Gasteiger partial charge in [0.15, 0.2) is 5.78 Å². The van der Waals surface area contributed by atoms with Crippen molar-refractivity contribution < 1.29 is 4.79 Å². The van der Waals surface area contributed by atoms with Crippen molar-refractivity contribution in [1.29, 1.82) is 0 Å². The predicted octanol–water partition coefficient (Wildman–Crippen LogP) is 3.85. The van der Waals surface area contributed by atoms with E-state index in [1.54, 1.807) is 6.20 Å². The third-order valence-corrected chi connectivity index (χ3v) is 3.98. The van der Waals surface area contributed by atoms with E-state index in [1.807, 2.05) is 30.3 Å². The van der Waals surface area contributed by atoms with Crippen molar-refractivity contribution in [2.75, 3.05) is 0 Å². The van der Waals surface area contributed by atoms with Gasteiger partial charge >= 0.3 is 0 Å². The lowest BCUT2D eigenvalue weighted by Crippen LogP contribution is -2.12. The fourth-order valence-electron chi connectivity index (χ4n) is 2.98. The van der Waals surface area contributed by atoms with Crippen molar-refractivity contribution in [3.8, 4) is 0 Å². The zero-order valence-corrected chi connectivity index (χ0v) is 10.6. The van der Waals surface area contributed by atoms with Gasteiger partial charge in [0.05, 0.1) is 5.52 Å². The normalized spacial score (nSPS) is 23.4. The number of rotatable bonds is 2. The minimum Gasteiger partial charge on any atom is -0.294 e. The third kappa shape index (κ3) is 1.92. The van der Waals surface area contributed by atoms with E-state index in [0.29, 0.717) is 11.7 Å². The largest absolute Gasteiger partial charge is 0.294 e. The predicted molar refractivity (Wildman–Crippen MR) is 72.6 cm³/mol. The second kappa shape index (κ2) is 4.52. The molecule has 0 amide bonds. The van der Waals surface area contributed by atoms with E-state index in [4.69, 9.17) is 0 Å². The zero-order chi connectivity index (χ0) is 12.5.